The SMILES string of the molecule is CCC(N)C(SC(C)C(C)O)c1sccc1C. The summed E-state index contributed by atoms with van der Waals surface area (Å²) in [7, 11) is 0. The van der Waals surface area contributed by atoms with Crippen molar-refractivity contribution in [2.45, 2.75) is 56.8 Å². The van der Waals surface area contributed by atoms with Gasteiger partial charge in [0.1, 0.15) is 0 Å². The first-order valence-electron chi connectivity index (χ1n) is 6.10. The Morgan fingerprint density at radius 3 is 2.53 bits per heavy atom. The van der Waals surface area contributed by atoms with Crippen LogP contribution in [0, 0.1) is 6.92 Å². The summed E-state index contributed by atoms with van der Waals surface area (Å²) in [6.07, 6.45) is 0.661. The number of thiophene rings is 1. The molecule has 0 radical (unpaired) electrons. The van der Waals surface area contributed by atoms with E-state index in [1.54, 1.807) is 23.1 Å². The molecule has 4 heteroatoms. The molecule has 1 rings (SSSR count). The number of thioether (sulfide) groups is 1. The van der Waals surface area contributed by atoms with Crippen molar-refractivity contribution in [2.75, 3.05) is 0 Å². The molecule has 0 amide bonds. The van der Waals surface area contributed by atoms with Crippen LogP contribution in [0.25, 0.3) is 0 Å². The molecule has 0 bridgehead atoms. The Kier molecular flexibility index (Phi) is 6.00. The monoisotopic (exact) mass is 273 g/mol. The zero-order valence-electron chi connectivity index (χ0n) is 11.0. The summed E-state index contributed by atoms with van der Waals surface area (Å²) in [5, 5.41) is 12.3. The summed E-state index contributed by atoms with van der Waals surface area (Å²) < 4.78 is 0. The molecule has 4 atom stereocenters. The molecule has 0 saturated heterocycles. The van der Waals surface area contributed by atoms with Gasteiger partial charge in [-0.2, -0.15) is 0 Å². The van der Waals surface area contributed by atoms with E-state index in [1.165, 1.54) is 10.4 Å². The van der Waals surface area contributed by atoms with Crippen molar-refractivity contribution in [1.82, 2.24) is 0 Å². The number of aryl methyl sites for hydroxylation is 1. The van der Waals surface area contributed by atoms with Gasteiger partial charge < -0.3 is 10.8 Å². The van der Waals surface area contributed by atoms with Gasteiger partial charge in [-0.3, -0.25) is 0 Å². The molecule has 1 heterocycles. The van der Waals surface area contributed by atoms with E-state index in [-0.39, 0.29) is 17.4 Å². The first-order valence-corrected chi connectivity index (χ1v) is 7.92. The third-order valence-corrected chi connectivity index (χ3v) is 6.01. The number of hydrogen-bond donors (Lipinski definition) is 2. The second kappa shape index (κ2) is 6.78. The molecule has 4 unspecified atom stereocenters. The third-order valence-electron chi connectivity index (χ3n) is 3.06. The third kappa shape index (κ3) is 3.98. The van der Waals surface area contributed by atoms with E-state index in [0.29, 0.717) is 5.25 Å². The van der Waals surface area contributed by atoms with Gasteiger partial charge in [-0.25, -0.2) is 0 Å². The Morgan fingerprint density at radius 1 is 1.47 bits per heavy atom. The fraction of sp³-hybridized carbons (Fsp3) is 0.692. The molecule has 0 spiro atoms. The van der Waals surface area contributed by atoms with Crippen LogP contribution in [0.4, 0.5) is 0 Å². The minimum atomic E-state index is -0.299. The molecule has 98 valence electrons. The number of hydrogen-bond acceptors (Lipinski definition) is 4. The lowest BCUT2D eigenvalue weighted by Gasteiger charge is -2.26. The summed E-state index contributed by atoms with van der Waals surface area (Å²) in [5.74, 6) is 0. The number of rotatable bonds is 6. The fourth-order valence-electron chi connectivity index (χ4n) is 1.59. The minimum absolute atomic E-state index is 0.151. The molecule has 0 saturated carbocycles. The van der Waals surface area contributed by atoms with Crippen molar-refractivity contribution >= 4 is 23.1 Å². The van der Waals surface area contributed by atoms with Gasteiger partial charge in [-0.15, -0.1) is 23.1 Å². The van der Waals surface area contributed by atoms with E-state index in [2.05, 4.69) is 32.2 Å². The highest BCUT2D eigenvalue weighted by molar-refractivity contribution is 8.00. The molecule has 1 aromatic heterocycles. The highest BCUT2D eigenvalue weighted by atomic mass is 32.2. The molecular weight excluding hydrogens is 250 g/mol. The summed E-state index contributed by atoms with van der Waals surface area (Å²) in [5.41, 5.74) is 7.54. The van der Waals surface area contributed by atoms with Crippen LogP contribution in [0.15, 0.2) is 11.4 Å². The van der Waals surface area contributed by atoms with E-state index in [4.69, 9.17) is 5.73 Å². The topological polar surface area (TPSA) is 46.2 Å². The minimum Gasteiger partial charge on any atom is -0.392 e. The lowest BCUT2D eigenvalue weighted by Crippen LogP contribution is -2.28. The normalized spacial score (nSPS) is 18.7. The molecule has 0 aliphatic heterocycles. The van der Waals surface area contributed by atoms with Gasteiger partial charge in [0.25, 0.3) is 0 Å². The predicted octanol–water partition coefficient (Wildman–Crippen LogP) is 3.34. The van der Waals surface area contributed by atoms with E-state index >= 15 is 0 Å². The van der Waals surface area contributed by atoms with Gasteiger partial charge in [-0.05, 0) is 37.3 Å². The summed E-state index contributed by atoms with van der Waals surface area (Å²) in [6, 6.07) is 2.29. The van der Waals surface area contributed by atoms with Crippen LogP contribution in [0.1, 0.15) is 42.9 Å². The van der Waals surface area contributed by atoms with Gasteiger partial charge in [0.2, 0.25) is 0 Å². The van der Waals surface area contributed by atoms with Crippen molar-refractivity contribution in [1.29, 1.82) is 0 Å². The summed E-state index contributed by atoms with van der Waals surface area (Å²) in [4.78, 5) is 1.36. The van der Waals surface area contributed by atoms with Gasteiger partial charge in [-0.1, -0.05) is 13.8 Å². The van der Waals surface area contributed by atoms with Crippen molar-refractivity contribution < 1.29 is 5.11 Å². The maximum absolute atomic E-state index is 9.63. The quantitative estimate of drug-likeness (QED) is 0.835. The van der Waals surface area contributed by atoms with E-state index in [1.807, 2.05) is 6.92 Å². The zero-order chi connectivity index (χ0) is 13.0. The number of aliphatic hydroxyl groups excluding tert-OH is 1. The number of nitrogens with two attached hydrogens (primary N) is 1. The standard InChI is InChI=1S/C13H23NOS2/c1-5-11(14)13(17-10(4)9(3)15)12-8(2)6-7-16-12/h6-7,9-11,13,15H,5,14H2,1-4H3. The summed E-state index contributed by atoms with van der Waals surface area (Å²) >= 11 is 3.57. The molecule has 2 nitrogen and oxygen atoms in total. The van der Waals surface area contributed by atoms with Crippen molar-refractivity contribution in [3.63, 3.8) is 0 Å². The van der Waals surface area contributed by atoms with Crippen LogP contribution >= 0.6 is 23.1 Å². The lowest BCUT2D eigenvalue weighted by atomic mass is 10.1. The van der Waals surface area contributed by atoms with Gasteiger partial charge >= 0.3 is 0 Å². The van der Waals surface area contributed by atoms with Crippen LogP contribution < -0.4 is 5.73 Å². The zero-order valence-corrected chi connectivity index (χ0v) is 12.6. The van der Waals surface area contributed by atoms with Gasteiger partial charge in [0, 0.05) is 16.2 Å². The highest BCUT2D eigenvalue weighted by Gasteiger charge is 2.25. The highest BCUT2D eigenvalue weighted by Crippen LogP contribution is 2.40. The molecule has 3 N–H and O–H groups in total. The van der Waals surface area contributed by atoms with Crippen molar-refractivity contribution in [3.8, 4) is 0 Å². The molecular formula is C13H23NOS2. The fourth-order valence-corrected chi connectivity index (χ4v) is 4.30. The maximum atomic E-state index is 9.63. The average molecular weight is 273 g/mol. The Labute approximate surface area is 113 Å². The molecule has 0 fully saturated rings. The van der Waals surface area contributed by atoms with Crippen LogP contribution in [-0.4, -0.2) is 22.5 Å². The van der Waals surface area contributed by atoms with Crippen LogP contribution in [0.3, 0.4) is 0 Å². The molecule has 0 aromatic carbocycles. The molecule has 0 aliphatic rings. The second-order valence-corrected chi connectivity index (χ2v) is 7.01. The van der Waals surface area contributed by atoms with Crippen molar-refractivity contribution in [3.05, 3.63) is 21.9 Å². The van der Waals surface area contributed by atoms with Crippen LogP contribution in [-0.2, 0) is 0 Å². The Balaban J connectivity index is 2.85. The van der Waals surface area contributed by atoms with Gasteiger partial charge in [0.05, 0.1) is 11.4 Å². The molecule has 17 heavy (non-hydrogen) atoms. The Hall–Kier alpha value is -0.0300. The largest absolute Gasteiger partial charge is 0.392 e. The van der Waals surface area contributed by atoms with Crippen LogP contribution in [0.2, 0.25) is 0 Å². The smallest absolute Gasteiger partial charge is 0.0628 e. The number of aliphatic hydroxyl groups is 1. The van der Waals surface area contributed by atoms with Crippen LogP contribution in [0.5, 0.6) is 0 Å². The van der Waals surface area contributed by atoms with Gasteiger partial charge in [0.15, 0.2) is 0 Å². The maximum Gasteiger partial charge on any atom is 0.0628 e. The van der Waals surface area contributed by atoms with E-state index in [0.717, 1.165) is 6.42 Å². The van der Waals surface area contributed by atoms with E-state index in [9.17, 15) is 5.11 Å². The summed E-state index contributed by atoms with van der Waals surface area (Å²) in [6.45, 7) is 8.16. The molecule has 1 aromatic rings. The van der Waals surface area contributed by atoms with E-state index < -0.39 is 0 Å². The van der Waals surface area contributed by atoms with Crippen molar-refractivity contribution in [2.24, 2.45) is 5.73 Å². The first kappa shape index (κ1) is 15.0. The first-order chi connectivity index (χ1) is 7.97. The second-order valence-electron chi connectivity index (χ2n) is 4.54. The predicted molar refractivity (Wildman–Crippen MR) is 78.8 cm³/mol. The average Bonchev–Trinajstić information content (AvgIpc) is 2.70. The Morgan fingerprint density at radius 2 is 2.12 bits per heavy atom. The Bertz CT molecular complexity index is 338. The lowest BCUT2D eigenvalue weighted by molar-refractivity contribution is 0.196. The molecule has 0 aliphatic carbocycles.